The number of H-pyrrole nitrogens is 1. The van der Waals surface area contributed by atoms with Crippen LogP contribution in [0.2, 0.25) is 5.02 Å². The molecule has 14 nitrogen and oxygen atoms in total. The number of aromatic nitrogens is 2. The Balaban J connectivity index is 1.01. The molecule has 65 heavy (non-hydrogen) atoms. The number of pyridine rings is 1. The molecule has 1 amide bonds. The van der Waals surface area contributed by atoms with Crippen LogP contribution in [0.4, 0.5) is 30.2 Å². The van der Waals surface area contributed by atoms with Gasteiger partial charge in [-0.15, -0.1) is 0 Å². The molecule has 344 valence electrons. The highest BCUT2D eigenvalue weighted by atomic mass is 35.5. The van der Waals surface area contributed by atoms with Gasteiger partial charge in [-0.1, -0.05) is 37.1 Å². The number of nitro benzene ring substituents is 1. The van der Waals surface area contributed by atoms with Crippen LogP contribution in [0.1, 0.15) is 67.4 Å². The molecule has 5 aromatic rings. The van der Waals surface area contributed by atoms with Crippen molar-refractivity contribution < 1.29 is 40.8 Å². The molecule has 3 aliphatic rings. The van der Waals surface area contributed by atoms with Crippen molar-refractivity contribution in [2.75, 3.05) is 62.7 Å². The summed E-state index contributed by atoms with van der Waals surface area (Å²) in [5.41, 5.74) is 2.56. The number of hydrogen-bond acceptors (Lipinski definition) is 11. The van der Waals surface area contributed by atoms with Crippen molar-refractivity contribution in [1.82, 2.24) is 19.6 Å². The maximum absolute atomic E-state index is 13.9. The molecule has 0 bridgehead atoms. The molecule has 3 aromatic carbocycles. The predicted octanol–water partition coefficient (Wildman–Crippen LogP) is 9.68. The number of carbonyl (C=O) groups is 1. The third-order valence-electron chi connectivity index (χ3n) is 12.4. The molecular weight excluding hydrogens is 887 g/mol. The van der Waals surface area contributed by atoms with Gasteiger partial charge in [-0.25, -0.2) is 18.1 Å². The van der Waals surface area contributed by atoms with E-state index in [1.807, 2.05) is 0 Å². The molecule has 2 saturated heterocycles. The van der Waals surface area contributed by atoms with E-state index in [0.29, 0.717) is 81.6 Å². The van der Waals surface area contributed by atoms with Gasteiger partial charge in [-0.05, 0) is 103 Å². The molecule has 19 heteroatoms. The van der Waals surface area contributed by atoms with E-state index in [1.54, 1.807) is 36.5 Å². The molecular formula is C46H49ClF3N7O7S. The number of alkyl halides is 3. The first-order chi connectivity index (χ1) is 30.9. The monoisotopic (exact) mass is 935 g/mol. The van der Waals surface area contributed by atoms with Crippen LogP contribution in [-0.4, -0.2) is 86.6 Å². The van der Waals surface area contributed by atoms with E-state index in [2.05, 4.69) is 43.7 Å². The van der Waals surface area contributed by atoms with Crippen LogP contribution < -0.4 is 19.7 Å². The summed E-state index contributed by atoms with van der Waals surface area (Å²) in [6.45, 7) is 8.92. The van der Waals surface area contributed by atoms with Crippen LogP contribution in [0.15, 0.2) is 89.6 Å². The van der Waals surface area contributed by atoms with E-state index in [0.717, 1.165) is 48.3 Å². The third-order valence-corrected chi connectivity index (χ3v) is 14.1. The minimum atomic E-state index is -4.61. The average Bonchev–Trinajstić information content (AvgIpc) is 3.74. The van der Waals surface area contributed by atoms with Crippen molar-refractivity contribution in [2.45, 2.75) is 57.0 Å². The quantitative estimate of drug-likeness (QED) is 0.0758. The lowest BCUT2D eigenvalue weighted by Gasteiger charge is -2.39. The van der Waals surface area contributed by atoms with Crippen LogP contribution in [0.3, 0.4) is 0 Å². The Hall–Kier alpha value is -5.69. The summed E-state index contributed by atoms with van der Waals surface area (Å²) in [5.74, 6) is -0.429. The van der Waals surface area contributed by atoms with Gasteiger partial charge in [0.05, 0.1) is 32.2 Å². The fourth-order valence-electron chi connectivity index (χ4n) is 8.68. The van der Waals surface area contributed by atoms with Crippen molar-refractivity contribution in [2.24, 2.45) is 11.3 Å². The zero-order valence-electron chi connectivity index (χ0n) is 35.8. The average molecular weight is 936 g/mol. The lowest BCUT2D eigenvalue weighted by molar-refractivity contribution is -0.384. The summed E-state index contributed by atoms with van der Waals surface area (Å²) < 4.78 is 82.7. The zero-order chi connectivity index (χ0) is 46.1. The maximum Gasteiger partial charge on any atom is 0.417 e. The van der Waals surface area contributed by atoms with E-state index in [-0.39, 0.29) is 33.4 Å². The molecule has 0 unspecified atom stereocenters. The van der Waals surface area contributed by atoms with Crippen LogP contribution in [0, 0.1) is 21.4 Å². The number of rotatable bonds is 13. The van der Waals surface area contributed by atoms with Gasteiger partial charge in [0.2, 0.25) is 0 Å². The fraction of sp³-hybridized carbons (Fsp3) is 0.391. The summed E-state index contributed by atoms with van der Waals surface area (Å²) in [6.07, 6.45) is 2.51. The van der Waals surface area contributed by atoms with E-state index < -0.39 is 43.2 Å². The minimum Gasteiger partial charge on any atom is -0.455 e. The highest BCUT2D eigenvalue weighted by molar-refractivity contribution is 7.90. The lowest BCUT2D eigenvalue weighted by atomic mass is 9.72. The summed E-state index contributed by atoms with van der Waals surface area (Å²) in [7, 11) is -4.61. The van der Waals surface area contributed by atoms with E-state index in [9.17, 15) is 36.5 Å². The molecule has 2 fully saturated rings. The van der Waals surface area contributed by atoms with Gasteiger partial charge < -0.3 is 24.7 Å². The van der Waals surface area contributed by atoms with Crippen molar-refractivity contribution in [3.05, 3.63) is 117 Å². The second kappa shape index (κ2) is 18.7. The molecule has 3 N–H and O–H groups in total. The zero-order valence-corrected chi connectivity index (χ0v) is 37.4. The number of anilines is 2. The predicted molar refractivity (Wildman–Crippen MR) is 242 cm³/mol. The molecule has 0 saturated carbocycles. The molecule has 4 heterocycles. The number of ether oxygens (including phenoxy) is 2. The highest BCUT2D eigenvalue weighted by Crippen LogP contribution is 2.45. The van der Waals surface area contributed by atoms with Crippen LogP contribution in [-0.2, 0) is 20.9 Å². The molecule has 0 spiro atoms. The van der Waals surface area contributed by atoms with Crippen molar-refractivity contribution in [1.29, 1.82) is 0 Å². The van der Waals surface area contributed by atoms with Crippen molar-refractivity contribution >= 4 is 61.2 Å². The maximum atomic E-state index is 13.9. The van der Waals surface area contributed by atoms with Gasteiger partial charge in [-0.2, -0.15) is 13.2 Å². The highest BCUT2D eigenvalue weighted by Gasteiger charge is 2.35. The fourth-order valence-corrected chi connectivity index (χ4v) is 9.89. The largest absolute Gasteiger partial charge is 0.455 e. The third kappa shape index (κ3) is 10.7. The smallest absolute Gasteiger partial charge is 0.417 e. The van der Waals surface area contributed by atoms with Gasteiger partial charge in [-0.3, -0.25) is 19.8 Å². The number of amides is 1. The Morgan fingerprint density at radius 1 is 1.05 bits per heavy atom. The SMILES string of the molecule is CC1(C)CCC(CN2CCN(c3ccc(C(=O)NS(=O)(=O)c4ccc(NCC5CCOCC5)c([N+](=O)[O-])c4)c(Oc4cnc5[nH]ccc5c4)c3)CC2)=C(c2ccc(Cl)c(C(F)(F)F)c2)C1. The number of sulfonamides is 1. The van der Waals surface area contributed by atoms with Crippen LogP contribution in [0.5, 0.6) is 11.5 Å². The molecule has 1 aliphatic carbocycles. The first kappa shape index (κ1) is 45.9. The Morgan fingerprint density at radius 3 is 2.55 bits per heavy atom. The summed E-state index contributed by atoms with van der Waals surface area (Å²) in [5, 5.41) is 15.6. The minimum absolute atomic E-state index is 0.0498. The van der Waals surface area contributed by atoms with Crippen LogP contribution in [0.25, 0.3) is 16.6 Å². The second-order valence-corrected chi connectivity index (χ2v) is 19.6. The Bertz CT molecular complexity index is 2750. The number of allylic oxidation sites excluding steroid dienone is 1. The van der Waals surface area contributed by atoms with E-state index in [1.165, 1.54) is 36.5 Å². The summed E-state index contributed by atoms with van der Waals surface area (Å²) in [6, 6.07) is 16.0. The number of hydrogen-bond donors (Lipinski definition) is 3. The Kier molecular flexibility index (Phi) is 13.2. The number of nitro groups is 1. The number of aromatic amines is 1. The molecule has 2 aliphatic heterocycles. The number of carbonyl (C=O) groups excluding carboxylic acids is 1. The number of piperazine rings is 1. The number of nitrogens with zero attached hydrogens (tertiary/aromatic N) is 4. The van der Waals surface area contributed by atoms with Gasteiger partial charge in [0.1, 0.15) is 22.8 Å². The summed E-state index contributed by atoms with van der Waals surface area (Å²) in [4.78, 5) is 36.7. The standard InChI is InChI=1S/C46H49ClF3N7O7S/c1-45(2)13-9-32(37(25-45)30-3-7-39(47)38(22-30)46(48,49)50)28-55-15-17-56(18-16-55)33-4-6-36(42(23-33)64-34-21-31-10-14-51-43(31)53-27-34)44(58)54-65(61,62)35-5-8-40(41(24-35)57(59)60)52-26-29-11-19-63-20-12-29/h3-8,10,14,21-24,27,29,52H,9,11-13,15-20,25-26,28H2,1-2H3,(H,51,53)(H,54,58). The first-order valence-corrected chi connectivity index (χ1v) is 23.3. The van der Waals surface area contributed by atoms with E-state index >= 15 is 0 Å². The van der Waals surface area contributed by atoms with Crippen molar-refractivity contribution in [3.8, 4) is 11.5 Å². The van der Waals surface area contributed by atoms with Gasteiger partial charge >= 0.3 is 6.18 Å². The number of nitrogens with one attached hydrogen (secondary N) is 3. The molecule has 2 aromatic heterocycles. The summed E-state index contributed by atoms with van der Waals surface area (Å²) >= 11 is 5.99. The molecule has 0 atom stereocenters. The number of benzene rings is 3. The molecule has 0 radical (unpaired) electrons. The second-order valence-electron chi connectivity index (χ2n) is 17.6. The molecule has 8 rings (SSSR count). The van der Waals surface area contributed by atoms with E-state index in [4.69, 9.17) is 21.1 Å². The van der Waals surface area contributed by atoms with Gasteiger partial charge in [0.15, 0.2) is 0 Å². The van der Waals surface area contributed by atoms with Gasteiger partial charge in [0.25, 0.3) is 21.6 Å². The first-order valence-electron chi connectivity index (χ1n) is 21.4. The van der Waals surface area contributed by atoms with Crippen LogP contribution >= 0.6 is 11.6 Å². The van der Waals surface area contributed by atoms with Gasteiger partial charge in [0, 0.05) is 81.9 Å². The normalized spacial score (nSPS) is 17.6. The lowest BCUT2D eigenvalue weighted by Crippen LogP contribution is -2.47. The number of fused-ring (bicyclic) bond motifs is 1. The Labute approximate surface area is 379 Å². The van der Waals surface area contributed by atoms with Crippen molar-refractivity contribution in [3.63, 3.8) is 0 Å². The Morgan fingerprint density at radius 2 is 1.82 bits per heavy atom. The number of halogens is 4. The topological polar surface area (TPSA) is 172 Å².